The molecule has 2 rings (SSSR count). The lowest BCUT2D eigenvalue weighted by Crippen LogP contribution is -2.43. The Morgan fingerprint density at radius 2 is 2.05 bits per heavy atom. The largest absolute Gasteiger partial charge is 0.481 e. The van der Waals surface area contributed by atoms with E-state index in [0.29, 0.717) is 25.9 Å². The van der Waals surface area contributed by atoms with Crippen LogP contribution >= 0.6 is 0 Å². The third kappa shape index (κ3) is 3.49. The number of aliphatic carboxylic acids is 1. The van der Waals surface area contributed by atoms with Gasteiger partial charge in [-0.05, 0) is 19.4 Å². The standard InChI is InChI=1S/C12H20N2O5S/c1-13(10-3-5-20(18,19)8-10)11(15)7-14-4-2-9(6-14)12(16)17/h9-10H,2-8H2,1H3,(H,16,17). The van der Waals surface area contributed by atoms with Gasteiger partial charge in [0.1, 0.15) is 0 Å². The summed E-state index contributed by atoms with van der Waals surface area (Å²) in [7, 11) is -1.38. The van der Waals surface area contributed by atoms with E-state index in [1.807, 2.05) is 4.90 Å². The molecule has 114 valence electrons. The van der Waals surface area contributed by atoms with Gasteiger partial charge in [-0.15, -0.1) is 0 Å². The van der Waals surface area contributed by atoms with Crippen LogP contribution in [0.5, 0.6) is 0 Å². The first-order valence-electron chi connectivity index (χ1n) is 6.70. The fourth-order valence-corrected chi connectivity index (χ4v) is 4.54. The first-order valence-corrected chi connectivity index (χ1v) is 8.52. The fraction of sp³-hybridized carbons (Fsp3) is 0.833. The highest BCUT2D eigenvalue weighted by atomic mass is 32.2. The number of carboxylic acids is 1. The third-order valence-corrected chi connectivity index (χ3v) is 5.88. The molecule has 2 fully saturated rings. The molecule has 0 aromatic heterocycles. The van der Waals surface area contributed by atoms with E-state index in [9.17, 15) is 18.0 Å². The number of likely N-dealkylation sites (tertiary alicyclic amines) is 1. The van der Waals surface area contributed by atoms with Crippen molar-refractivity contribution >= 4 is 21.7 Å². The maximum absolute atomic E-state index is 12.1. The summed E-state index contributed by atoms with van der Waals surface area (Å²) in [6, 6.07) is -0.245. The fourth-order valence-electron chi connectivity index (χ4n) is 2.77. The van der Waals surface area contributed by atoms with Crippen LogP contribution in [0, 0.1) is 5.92 Å². The molecule has 0 aromatic carbocycles. The molecule has 1 amide bonds. The summed E-state index contributed by atoms with van der Waals surface area (Å²) in [4.78, 5) is 26.3. The van der Waals surface area contributed by atoms with E-state index in [1.165, 1.54) is 4.90 Å². The zero-order valence-corrected chi connectivity index (χ0v) is 12.3. The first-order chi connectivity index (χ1) is 9.28. The van der Waals surface area contributed by atoms with Gasteiger partial charge in [-0.3, -0.25) is 14.5 Å². The Bertz CT molecular complexity index is 504. The summed E-state index contributed by atoms with van der Waals surface area (Å²) in [5.41, 5.74) is 0. The second kappa shape index (κ2) is 5.69. The van der Waals surface area contributed by atoms with Crippen LogP contribution in [-0.4, -0.2) is 79.4 Å². The van der Waals surface area contributed by atoms with Gasteiger partial charge in [-0.2, -0.15) is 0 Å². The summed E-state index contributed by atoms with van der Waals surface area (Å²) in [5, 5.41) is 8.92. The Hall–Kier alpha value is -1.15. The molecule has 0 aromatic rings. The molecule has 7 nitrogen and oxygen atoms in total. The van der Waals surface area contributed by atoms with Crippen molar-refractivity contribution in [1.29, 1.82) is 0 Å². The Balaban J connectivity index is 1.85. The van der Waals surface area contributed by atoms with Crippen molar-refractivity contribution in [2.75, 3.05) is 38.2 Å². The van der Waals surface area contributed by atoms with E-state index < -0.39 is 21.7 Å². The monoisotopic (exact) mass is 304 g/mol. The lowest BCUT2D eigenvalue weighted by Gasteiger charge is -2.26. The predicted molar refractivity (Wildman–Crippen MR) is 72.0 cm³/mol. The van der Waals surface area contributed by atoms with E-state index in [2.05, 4.69) is 0 Å². The number of carbonyl (C=O) groups excluding carboxylic acids is 1. The number of rotatable bonds is 4. The second-order valence-electron chi connectivity index (χ2n) is 5.62. The van der Waals surface area contributed by atoms with E-state index in [4.69, 9.17) is 5.11 Å². The van der Waals surface area contributed by atoms with Crippen molar-refractivity contribution < 1.29 is 23.1 Å². The molecule has 2 unspecified atom stereocenters. The van der Waals surface area contributed by atoms with Crippen LogP contribution in [-0.2, 0) is 19.4 Å². The normalized spacial score (nSPS) is 29.4. The van der Waals surface area contributed by atoms with Gasteiger partial charge in [0.2, 0.25) is 5.91 Å². The van der Waals surface area contributed by atoms with Gasteiger partial charge < -0.3 is 10.0 Å². The average molecular weight is 304 g/mol. The molecule has 2 heterocycles. The quantitative estimate of drug-likeness (QED) is 0.719. The number of hydrogen-bond donors (Lipinski definition) is 1. The van der Waals surface area contributed by atoms with Gasteiger partial charge in [-0.25, -0.2) is 8.42 Å². The van der Waals surface area contributed by atoms with Gasteiger partial charge in [-0.1, -0.05) is 0 Å². The molecular weight excluding hydrogens is 284 g/mol. The Labute approximate surface area is 118 Å². The van der Waals surface area contributed by atoms with Gasteiger partial charge in [0.05, 0.1) is 24.0 Å². The number of carbonyl (C=O) groups is 2. The molecule has 0 bridgehead atoms. The van der Waals surface area contributed by atoms with Crippen LogP contribution in [0.3, 0.4) is 0 Å². The lowest BCUT2D eigenvalue weighted by molar-refractivity contribution is -0.141. The van der Waals surface area contributed by atoms with Crippen molar-refractivity contribution in [1.82, 2.24) is 9.80 Å². The zero-order chi connectivity index (χ0) is 14.9. The summed E-state index contributed by atoms with van der Waals surface area (Å²) in [6.07, 6.45) is 1.05. The van der Waals surface area contributed by atoms with Crippen LogP contribution in [0.2, 0.25) is 0 Å². The first kappa shape index (κ1) is 15.2. The number of nitrogens with zero attached hydrogens (tertiary/aromatic N) is 2. The molecular formula is C12H20N2O5S. The Morgan fingerprint density at radius 3 is 2.55 bits per heavy atom. The zero-order valence-electron chi connectivity index (χ0n) is 11.5. The minimum absolute atomic E-state index is 0.0347. The summed E-state index contributed by atoms with van der Waals surface area (Å²) >= 11 is 0. The van der Waals surface area contributed by atoms with Crippen LogP contribution in [0.4, 0.5) is 0 Å². The number of likely N-dealkylation sites (N-methyl/N-ethyl adjacent to an activating group) is 1. The smallest absolute Gasteiger partial charge is 0.307 e. The molecule has 1 N–H and O–H groups in total. The van der Waals surface area contributed by atoms with Crippen molar-refractivity contribution in [2.24, 2.45) is 5.92 Å². The average Bonchev–Trinajstić information content (AvgIpc) is 2.94. The maximum atomic E-state index is 12.1. The molecule has 2 saturated heterocycles. The van der Waals surface area contributed by atoms with Gasteiger partial charge in [0.25, 0.3) is 0 Å². The van der Waals surface area contributed by atoms with Crippen molar-refractivity contribution in [3.05, 3.63) is 0 Å². The van der Waals surface area contributed by atoms with Gasteiger partial charge in [0, 0.05) is 19.6 Å². The highest BCUT2D eigenvalue weighted by Crippen LogP contribution is 2.19. The third-order valence-electron chi connectivity index (χ3n) is 4.13. The highest BCUT2D eigenvalue weighted by Gasteiger charge is 2.34. The molecule has 0 radical (unpaired) electrons. The van der Waals surface area contributed by atoms with E-state index in [1.54, 1.807) is 7.05 Å². The molecule has 0 saturated carbocycles. The topological polar surface area (TPSA) is 95.0 Å². The number of carboxylic acid groups (broad SMARTS) is 1. The minimum Gasteiger partial charge on any atom is -0.481 e. The summed E-state index contributed by atoms with van der Waals surface area (Å²) in [5.74, 6) is -1.19. The van der Waals surface area contributed by atoms with Gasteiger partial charge >= 0.3 is 5.97 Å². The second-order valence-corrected chi connectivity index (χ2v) is 7.85. The molecule has 20 heavy (non-hydrogen) atoms. The molecule has 8 heteroatoms. The Kier molecular flexibility index (Phi) is 4.33. The summed E-state index contributed by atoms with van der Waals surface area (Å²) < 4.78 is 22.8. The van der Waals surface area contributed by atoms with Crippen LogP contribution in [0.1, 0.15) is 12.8 Å². The minimum atomic E-state index is -3.01. The van der Waals surface area contributed by atoms with E-state index in [-0.39, 0.29) is 30.0 Å². The Morgan fingerprint density at radius 1 is 1.35 bits per heavy atom. The van der Waals surface area contributed by atoms with Crippen LogP contribution in [0.25, 0.3) is 0 Å². The molecule has 2 atom stereocenters. The van der Waals surface area contributed by atoms with Crippen LogP contribution in [0.15, 0.2) is 0 Å². The molecule has 0 aliphatic carbocycles. The molecule has 2 aliphatic rings. The number of hydrogen-bond acceptors (Lipinski definition) is 5. The number of sulfone groups is 1. The number of amides is 1. The van der Waals surface area contributed by atoms with Crippen molar-refractivity contribution in [3.8, 4) is 0 Å². The van der Waals surface area contributed by atoms with Crippen LogP contribution < -0.4 is 0 Å². The highest BCUT2D eigenvalue weighted by molar-refractivity contribution is 7.91. The molecule has 2 aliphatic heterocycles. The molecule has 0 spiro atoms. The van der Waals surface area contributed by atoms with Crippen molar-refractivity contribution in [2.45, 2.75) is 18.9 Å². The predicted octanol–water partition coefficient (Wildman–Crippen LogP) is -0.962. The summed E-state index contributed by atoms with van der Waals surface area (Å²) in [6.45, 7) is 1.15. The maximum Gasteiger partial charge on any atom is 0.307 e. The van der Waals surface area contributed by atoms with E-state index >= 15 is 0 Å². The van der Waals surface area contributed by atoms with Crippen molar-refractivity contribution in [3.63, 3.8) is 0 Å². The SMILES string of the molecule is CN(C(=O)CN1CCC(C(=O)O)C1)C1CCS(=O)(=O)C1. The van der Waals surface area contributed by atoms with E-state index in [0.717, 1.165) is 0 Å². The van der Waals surface area contributed by atoms with Gasteiger partial charge in [0.15, 0.2) is 9.84 Å². The lowest BCUT2D eigenvalue weighted by atomic mass is 10.1.